The van der Waals surface area contributed by atoms with Crippen LogP contribution in [0.4, 0.5) is 13.2 Å². The Morgan fingerprint density at radius 2 is 1.88 bits per heavy atom. The lowest BCUT2D eigenvalue weighted by molar-refractivity contribution is -0.154. The number of likely N-dealkylation sites (N-methyl/N-ethyl adjacent to an activating group) is 1. The van der Waals surface area contributed by atoms with E-state index in [2.05, 4.69) is 5.32 Å². The van der Waals surface area contributed by atoms with E-state index in [-0.39, 0.29) is 11.4 Å². The zero-order valence-electron chi connectivity index (χ0n) is 8.41. The third-order valence-corrected chi connectivity index (χ3v) is 2.91. The average molecular weight is 272 g/mol. The van der Waals surface area contributed by atoms with Gasteiger partial charge < -0.3 is 5.32 Å². The van der Waals surface area contributed by atoms with E-state index in [1.807, 2.05) is 0 Å². The van der Waals surface area contributed by atoms with Crippen LogP contribution in [0, 0.1) is 0 Å². The number of benzene rings is 1. The molecule has 0 saturated heterocycles. The molecule has 0 aromatic heterocycles. The normalized spacial score (nSPS) is 13.9. The standard InChI is InChI=1S/C10H10Cl2F3N/c1-16-9(10(13,14)15)5-6-2-3-7(11)8(12)4-6/h2-4,9,16H,5H2,1H3. The molecule has 0 aliphatic rings. The first kappa shape index (κ1) is 13.6. The van der Waals surface area contributed by atoms with Gasteiger partial charge in [0, 0.05) is 0 Å². The maximum atomic E-state index is 12.5. The van der Waals surface area contributed by atoms with Gasteiger partial charge in [-0.2, -0.15) is 13.2 Å². The number of alkyl halides is 3. The highest BCUT2D eigenvalue weighted by Crippen LogP contribution is 2.26. The summed E-state index contributed by atoms with van der Waals surface area (Å²) >= 11 is 11.4. The van der Waals surface area contributed by atoms with Crippen molar-refractivity contribution < 1.29 is 13.2 Å². The Hall–Kier alpha value is -0.450. The van der Waals surface area contributed by atoms with E-state index in [4.69, 9.17) is 23.2 Å². The third-order valence-electron chi connectivity index (χ3n) is 2.17. The van der Waals surface area contributed by atoms with Gasteiger partial charge in [0.15, 0.2) is 0 Å². The zero-order chi connectivity index (χ0) is 12.3. The Labute approximate surface area is 102 Å². The van der Waals surface area contributed by atoms with E-state index in [9.17, 15) is 13.2 Å². The molecule has 1 unspecified atom stereocenters. The highest BCUT2D eigenvalue weighted by Gasteiger charge is 2.38. The SMILES string of the molecule is CNC(Cc1ccc(Cl)c(Cl)c1)C(F)(F)F. The number of halogens is 5. The fourth-order valence-corrected chi connectivity index (χ4v) is 1.60. The van der Waals surface area contributed by atoms with Crippen molar-refractivity contribution >= 4 is 23.2 Å². The van der Waals surface area contributed by atoms with E-state index >= 15 is 0 Å². The van der Waals surface area contributed by atoms with Crippen LogP contribution in [0.5, 0.6) is 0 Å². The van der Waals surface area contributed by atoms with Crippen LogP contribution in [0.3, 0.4) is 0 Å². The van der Waals surface area contributed by atoms with E-state index in [0.717, 1.165) is 0 Å². The molecule has 0 aliphatic carbocycles. The van der Waals surface area contributed by atoms with Crippen molar-refractivity contribution in [2.45, 2.75) is 18.6 Å². The lowest BCUT2D eigenvalue weighted by atomic mass is 10.1. The predicted molar refractivity (Wildman–Crippen MR) is 59.1 cm³/mol. The summed E-state index contributed by atoms with van der Waals surface area (Å²) in [5, 5.41) is 2.82. The number of hydrogen-bond acceptors (Lipinski definition) is 1. The van der Waals surface area contributed by atoms with Crippen molar-refractivity contribution in [1.82, 2.24) is 5.32 Å². The average Bonchev–Trinajstić information content (AvgIpc) is 2.18. The minimum absolute atomic E-state index is 0.170. The molecule has 0 amide bonds. The van der Waals surface area contributed by atoms with E-state index in [1.165, 1.54) is 25.2 Å². The highest BCUT2D eigenvalue weighted by molar-refractivity contribution is 6.42. The fraction of sp³-hybridized carbons (Fsp3) is 0.400. The fourth-order valence-electron chi connectivity index (χ4n) is 1.28. The smallest absolute Gasteiger partial charge is 0.309 e. The monoisotopic (exact) mass is 271 g/mol. The van der Waals surface area contributed by atoms with Gasteiger partial charge in [-0.1, -0.05) is 29.3 Å². The highest BCUT2D eigenvalue weighted by atomic mass is 35.5. The van der Waals surface area contributed by atoms with Crippen molar-refractivity contribution in [3.63, 3.8) is 0 Å². The van der Waals surface area contributed by atoms with Gasteiger partial charge >= 0.3 is 6.18 Å². The molecule has 0 spiro atoms. The molecule has 90 valence electrons. The van der Waals surface area contributed by atoms with Gasteiger partial charge in [-0.05, 0) is 31.2 Å². The largest absolute Gasteiger partial charge is 0.404 e. The van der Waals surface area contributed by atoms with Gasteiger partial charge in [0.25, 0.3) is 0 Å². The van der Waals surface area contributed by atoms with Gasteiger partial charge in [-0.15, -0.1) is 0 Å². The van der Waals surface area contributed by atoms with E-state index < -0.39 is 12.2 Å². The Morgan fingerprint density at radius 3 is 2.31 bits per heavy atom. The minimum Gasteiger partial charge on any atom is -0.309 e. The Morgan fingerprint density at radius 1 is 1.25 bits per heavy atom. The molecule has 0 aliphatic heterocycles. The van der Waals surface area contributed by atoms with Gasteiger partial charge in [-0.3, -0.25) is 0 Å². The molecule has 1 rings (SSSR count). The molecule has 0 radical (unpaired) electrons. The van der Waals surface area contributed by atoms with E-state index in [1.54, 1.807) is 0 Å². The summed E-state index contributed by atoms with van der Waals surface area (Å²) in [5.74, 6) is 0. The second-order valence-electron chi connectivity index (χ2n) is 3.34. The predicted octanol–water partition coefficient (Wildman–Crippen LogP) is 3.69. The Kier molecular flexibility index (Phi) is 4.47. The molecule has 6 heteroatoms. The van der Waals surface area contributed by atoms with Crippen LogP contribution in [0.2, 0.25) is 10.0 Å². The minimum atomic E-state index is -4.28. The van der Waals surface area contributed by atoms with Gasteiger partial charge in [0.1, 0.15) is 6.04 Å². The summed E-state index contributed by atoms with van der Waals surface area (Å²) in [6, 6.07) is 2.89. The van der Waals surface area contributed by atoms with Crippen LogP contribution in [0.25, 0.3) is 0 Å². The molecular weight excluding hydrogens is 262 g/mol. The maximum Gasteiger partial charge on any atom is 0.404 e. The second-order valence-corrected chi connectivity index (χ2v) is 4.15. The van der Waals surface area contributed by atoms with Gasteiger partial charge in [-0.25, -0.2) is 0 Å². The van der Waals surface area contributed by atoms with Crippen molar-refractivity contribution in [1.29, 1.82) is 0 Å². The third kappa shape index (κ3) is 3.54. The quantitative estimate of drug-likeness (QED) is 0.884. The van der Waals surface area contributed by atoms with Crippen LogP contribution in [-0.4, -0.2) is 19.3 Å². The zero-order valence-corrected chi connectivity index (χ0v) is 9.92. The van der Waals surface area contributed by atoms with Crippen molar-refractivity contribution in [3.05, 3.63) is 33.8 Å². The number of hydrogen-bond donors (Lipinski definition) is 1. The van der Waals surface area contributed by atoms with Crippen LogP contribution in [0.15, 0.2) is 18.2 Å². The van der Waals surface area contributed by atoms with Crippen molar-refractivity contribution in [3.8, 4) is 0 Å². The van der Waals surface area contributed by atoms with Gasteiger partial charge in [0.2, 0.25) is 0 Å². The first-order chi connectivity index (χ1) is 7.34. The molecule has 0 heterocycles. The lowest BCUT2D eigenvalue weighted by Gasteiger charge is -2.19. The molecule has 0 bridgehead atoms. The molecule has 0 saturated carbocycles. The lowest BCUT2D eigenvalue weighted by Crippen LogP contribution is -2.41. The van der Waals surface area contributed by atoms with Crippen LogP contribution >= 0.6 is 23.2 Å². The molecule has 1 atom stereocenters. The number of rotatable bonds is 3. The summed E-state index contributed by atoms with van der Waals surface area (Å²) in [4.78, 5) is 0. The van der Waals surface area contributed by atoms with E-state index in [0.29, 0.717) is 10.6 Å². The van der Waals surface area contributed by atoms with Crippen LogP contribution in [-0.2, 0) is 6.42 Å². The molecule has 1 aromatic carbocycles. The molecular formula is C10H10Cl2F3N. The van der Waals surface area contributed by atoms with Crippen molar-refractivity contribution in [2.75, 3.05) is 7.05 Å². The Balaban J connectivity index is 2.83. The topological polar surface area (TPSA) is 12.0 Å². The number of nitrogens with one attached hydrogen (secondary N) is 1. The summed E-state index contributed by atoms with van der Waals surface area (Å²) in [5.41, 5.74) is 0.492. The summed E-state index contributed by atoms with van der Waals surface area (Å²) in [6.07, 6.45) is -4.45. The first-order valence-electron chi connectivity index (χ1n) is 4.52. The molecule has 0 fully saturated rings. The molecule has 1 N–H and O–H groups in total. The second kappa shape index (κ2) is 5.25. The van der Waals surface area contributed by atoms with Gasteiger partial charge in [0.05, 0.1) is 10.0 Å². The summed E-state index contributed by atoms with van der Waals surface area (Å²) in [7, 11) is 1.27. The van der Waals surface area contributed by atoms with Crippen LogP contribution < -0.4 is 5.32 Å². The molecule has 1 nitrogen and oxygen atoms in total. The summed E-state index contributed by atoms with van der Waals surface area (Å²) < 4.78 is 37.4. The molecule has 1 aromatic rings. The van der Waals surface area contributed by atoms with Crippen LogP contribution in [0.1, 0.15) is 5.56 Å². The van der Waals surface area contributed by atoms with Crippen molar-refractivity contribution in [2.24, 2.45) is 0 Å². The summed E-state index contributed by atoms with van der Waals surface area (Å²) in [6.45, 7) is 0. The molecule has 16 heavy (non-hydrogen) atoms. The maximum absolute atomic E-state index is 12.5. The first-order valence-corrected chi connectivity index (χ1v) is 5.28. The Bertz CT molecular complexity index is 366.